The summed E-state index contributed by atoms with van der Waals surface area (Å²) < 4.78 is 0.888. The van der Waals surface area contributed by atoms with E-state index in [2.05, 4.69) is 48.4 Å². The monoisotopic (exact) mass is 473 g/mol. The maximum absolute atomic E-state index is 13.0. The number of fused-ring (bicyclic) bond motifs is 1. The summed E-state index contributed by atoms with van der Waals surface area (Å²) in [7, 11) is 0. The number of nitrogens with zero attached hydrogens (tertiary/aromatic N) is 2. The normalized spacial score (nSPS) is 21.0. The molecule has 1 aromatic carbocycles. The first-order chi connectivity index (χ1) is 14.5. The fraction of sp³-hybridized carbons (Fsp3) is 0.429. The van der Waals surface area contributed by atoms with Crippen molar-refractivity contribution in [3.63, 3.8) is 0 Å². The van der Waals surface area contributed by atoms with Gasteiger partial charge in [0, 0.05) is 29.2 Å². The third kappa shape index (κ3) is 4.12. The van der Waals surface area contributed by atoms with Gasteiger partial charge < -0.3 is 15.5 Å². The van der Waals surface area contributed by atoms with Crippen LogP contribution in [0.15, 0.2) is 33.5 Å². The molecule has 3 N–H and O–H groups in total. The molecule has 3 heterocycles. The number of hydrogen-bond acceptors (Lipinski definition) is 5. The Morgan fingerprint density at radius 3 is 2.77 bits per heavy atom. The second-order valence-corrected chi connectivity index (χ2v) is 8.62. The molecule has 0 radical (unpaired) electrons. The number of aromatic nitrogens is 2. The quantitative estimate of drug-likeness (QED) is 0.630. The van der Waals surface area contributed by atoms with E-state index in [-0.39, 0.29) is 29.3 Å². The Morgan fingerprint density at radius 2 is 2.03 bits per heavy atom. The summed E-state index contributed by atoms with van der Waals surface area (Å²) in [6, 6.07) is 7.41. The van der Waals surface area contributed by atoms with Crippen molar-refractivity contribution in [3.8, 4) is 0 Å². The average Bonchev–Trinajstić information content (AvgIpc) is 2.74. The van der Waals surface area contributed by atoms with Crippen molar-refractivity contribution in [1.82, 2.24) is 9.97 Å². The molecule has 0 aliphatic carbocycles. The standard InChI is InChI=1S/C21H24BrN5O3/c1-2-14-5-3-4-10-27(14)21-25-18-17(20(30)26-21)15(11-16(28)24-18)19(29)23-13-8-6-12(22)7-9-13/h6-9,14-15H,2-5,10-11H2,1H3,(H,23,29)(H2,24,25,26,28,30). The van der Waals surface area contributed by atoms with E-state index in [0.29, 0.717) is 17.7 Å². The number of benzene rings is 1. The van der Waals surface area contributed by atoms with E-state index in [9.17, 15) is 14.4 Å². The lowest BCUT2D eigenvalue weighted by atomic mass is 9.92. The number of rotatable bonds is 4. The fourth-order valence-corrected chi connectivity index (χ4v) is 4.45. The van der Waals surface area contributed by atoms with Crippen molar-refractivity contribution in [3.05, 3.63) is 44.7 Å². The fourth-order valence-electron chi connectivity index (χ4n) is 4.19. The Labute approximate surface area is 182 Å². The first kappa shape index (κ1) is 20.6. The Balaban J connectivity index is 1.65. The van der Waals surface area contributed by atoms with Gasteiger partial charge in [0.25, 0.3) is 5.56 Å². The molecule has 158 valence electrons. The van der Waals surface area contributed by atoms with E-state index < -0.39 is 11.8 Å². The number of carbonyl (C=O) groups is 2. The number of halogens is 1. The van der Waals surface area contributed by atoms with Gasteiger partial charge in [0.2, 0.25) is 17.8 Å². The van der Waals surface area contributed by atoms with Gasteiger partial charge in [-0.3, -0.25) is 19.4 Å². The van der Waals surface area contributed by atoms with Crippen molar-refractivity contribution in [2.45, 2.75) is 51.0 Å². The molecule has 2 unspecified atom stereocenters. The minimum Gasteiger partial charge on any atom is -0.339 e. The smallest absolute Gasteiger partial charge is 0.258 e. The Kier molecular flexibility index (Phi) is 5.90. The van der Waals surface area contributed by atoms with E-state index in [1.54, 1.807) is 24.3 Å². The maximum atomic E-state index is 13.0. The number of piperidine rings is 1. The second kappa shape index (κ2) is 8.59. The van der Waals surface area contributed by atoms with Crippen LogP contribution in [0, 0.1) is 0 Å². The minimum absolute atomic E-state index is 0.0965. The maximum Gasteiger partial charge on any atom is 0.258 e. The largest absolute Gasteiger partial charge is 0.339 e. The summed E-state index contributed by atoms with van der Waals surface area (Å²) in [5, 5.41) is 5.48. The van der Waals surface area contributed by atoms with Crippen LogP contribution in [0.4, 0.5) is 17.5 Å². The number of H-pyrrole nitrogens is 1. The molecule has 1 fully saturated rings. The third-order valence-electron chi connectivity index (χ3n) is 5.74. The molecule has 30 heavy (non-hydrogen) atoms. The molecule has 2 amide bonds. The molecule has 0 saturated carbocycles. The zero-order valence-electron chi connectivity index (χ0n) is 16.7. The van der Waals surface area contributed by atoms with Gasteiger partial charge in [-0.2, -0.15) is 4.98 Å². The lowest BCUT2D eigenvalue weighted by Gasteiger charge is -2.36. The van der Waals surface area contributed by atoms with Gasteiger partial charge in [0.05, 0.1) is 11.5 Å². The summed E-state index contributed by atoms with van der Waals surface area (Å²) in [5.41, 5.74) is 0.417. The van der Waals surface area contributed by atoms with Crippen molar-refractivity contribution in [1.29, 1.82) is 0 Å². The lowest BCUT2D eigenvalue weighted by Crippen LogP contribution is -2.43. The number of amides is 2. The number of aromatic amines is 1. The van der Waals surface area contributed by atoms with Crippen LogP contribution in [0.25, 0.3) is 0 Å². The second-order valence-electron chi connectivity index (χ2n) is 7.70. The molecule has 8 nitrogen and oxygen atoms in total. The summed E-state index contributed by atoms with van der Waals surface area (Å²) in [6.45, 7) is 2.92. The molecule has 1 aromatic heterocycles. The molecule has 0 spiro atoms. The first-order valence-electron chi connectivity index (χ1n) is 10.2. The van der Waals surface area contributed by atoms with Gasteiger partial charge in [-0.15, -0.1) is 0 Å². The van der Waals surface area contributed by atoms with Crippen LogP contribution in [0.1, 0.15) is 50.5 Å². The van der Waals surface area contributed by atoms with E-state index in [1.807, 2.05) is 0 Å². The zero-order valence-corrected chi connectivity index (χ0v) is 18.3. The highest BCUT2D eigenvalue weighted by atomic mass is 79.9. The third-order valence-corrected chi connectivity index (χ3v) is 6.27. The highest BCUT2D eigenvalue weighted by Gasteiger charge is 2.35. The Morgan fingerprint density at radius 1 is 1.27 bits per heavy atom. The molecular formula is C21H24BrN5O3. The van der Waals surface area contributed by atoms with E-state index >= 15 is 0 Å². The van der Waals surface area contributed by atoms with Crippen LogP contribution in [0.3, 0.4) is 0 Å². The van der Waals surface area contributed by atoms with Crippen LogP contribution in [-0.4, -0.2) is 34.4 Å². The highest BCUT2D eigenvalue weighted by Crippen LogP contribution is 2.31. The van der Waals surface area contributed by atoms with Crippen molar-refractivity contribution in [2.75, 3.05) is 22.1 Å². The van der Waals surface area contributed by atoms with E-state index in [4.69, 9.17) is 0 Å². The van der Waals surface area contributed by atoms with Gasteiger partial charge in [-0.25, -0.2) is 0 Å². The highest BCUT2D eigenvalue weighted by molar-refractivity contribution is 9.10. The van der Waals surface area contributed by atoms with Gasteiger partial charge in [0.15, 0.2) is 0 Å². The molecule has 0 bridgehead atoms. The van der Waals surface area contributed by atoms with Crippen LogP contribution < -0.4 is 21.1 Å². The molecule has 9 heteroatoms. The summed E-state index contributed by atoms with van der Waals surface area (Å²) in [4.78, 5) is 47.7. The van der Waals surface area contributed by atoms with Gasteiger partial charge in [-0.05, 0) is 49.9 Å². The summed E-state index contributed by atoms with van der Waals surface area (Å²) in [6.07, 6.45) is 4.08. The van der Waals surface area contributed by atoms with Crippen LogP contribution >= 0.6 is 15.9 Å². The number of anilines is 3. The topological polar surface area (TPSA) is 107 Å². The SMILES string of the molecule is CCC1CCCCN1c1nc2c(c(=O)[nH]1)C(C(=O)Nc1ccc(Br)cc1)CC(=O)N2. The predicted octanol–water partition coefficient (Wildman–Crippen LogP) is 3.37. The number of nitrogens with one attached hydrogen (secondary N) is 3. The lowest BCUT2D eigenvalue weighted by molar-refractivity contribution is -0.123. The molecular weight excluding hydrogens is 450 g/mol. The molecule has 2 aliphatic rings. The van der Waals surface area contributed by atoms with Crippen LogP contribution in [-0.2, 0) is 9.59 Å². The van der Waals surface area contributed by atoms with Crippen molar-refractivity contribution < 1.29 is 9.59 Å². The molecule has 4 rings (SSSR count). The zero-order chi connectivity index (χ0) is 21.3. The Hall–Kier alpha value is -2.68. The summed E-state index contributed by atoms with van der Waals surface area (Å²) in [5.74, 6) is -0.988. The van der Waals surface area contributed by atoms with Gasteiger partial charge >= 0.3 is 0 Å². The average molecular weight is 474 g/mol. The van der Waals surface area contributed by atoms with Crippen LogP contribution in [0.5, 0.6) is 0 Å². The Bertz CT molecular complexity index is 1020. The van der Waals surface area contributed by atoms with Gasteiger partial charge in [0.1, 0.15) is 5.82 Å². The van der Waals surface area contributed by atoms with E-state index in [1.165, 1.54) is 0 Å². The van der Waals surface area contributed by atoms with Gasteiger partial charge in [-0.1, -0.05) is 22.9 Å². The number of carbonyl (C=O) groups excluding carboxylic acids is 2. The van der Waals surface area contributed by atoms with E-state index in [0.717, 1.165) is 36.7 Å². The summed E-state index contributed by atoms with van der Waals surface area (Å²) >= 11 is 3.35. The molecule has 1 saturated heterocycles. The minimum atomic E-state index is -0.897. The van der Waals surface area contributed by atoms with Crippen molar-refractivity contribution >= 4 is 45.2 Å². The number of hydrogen-bond donors (Lipinski definition) is 3. The predicted molar refractivity (Wildman–Crippen MR) is 119 cm³/mol. The first-order valence-corrected chi connectivity index (χ1v) is 11.0. The van der Waals surface area contributed by atoms with Crippen molar-refractivity contribution in [2.24, 2.45) is 0 Å². The van der Waals surface area contributed by atoms with Crippen LogP contribution in [0.2, 0.25) is 0 Å². The molecule has 2 aromatic rings. The molecule has 2 aliphatic heterocycles. The molecule has 2 atom stereocenters.